The van der Waals surface area contributed by atoms with E-state index in [9.17, 15) is 4.21 Å². The second-order valence-corrected chi connectivity index (χ2v) is 6.65. The molecule has 1 aromatic heterocycles. The molecule has 2 heterocycles. The molecule has 1 aliphatic rings. The minimum atomic E-state index is -0.857. The van der Waals surface area contributed by atoms with Gasteiger partial charge in [0.25, 0.3) is 0 Å². The van der Waals surface area contributed by atoms with E-state index in [0.29, 0.717) is 5.88 Å². The van der Waals surface area contributed by atoms with E-state index in [4.69, 9.17) is 0 Å². The largest absolute Gasteiger partial charge is 0.361 e. The van der Waals surface area contributed by atoms with Gasteiger partial charge in [0.05, 0.1) is 27.3 Å². The van der Waals surface area contributed by atoms with E-state index < -0.39 is 10.8 Å². The van der Waals surface area contributed by atoms with Crippen molar-refractivity contribution >= 4 is 27.8 Å². The quantitative estimate of drug-likeness (QED) is 0.830. The first kappa shape index (κ1) is 11.0. The monoisotopic (exact) mass is 263 g/mol. The molecular formula is C13H13NOS2. The second kappa shape index (κ2) is 4.27. The molecule has 3 rings (SSSR count). The Kier molecular flexibility index (Phi) is 2.76. The van der Waals surface area contributed by atoms with Gasteiger partial charge < -0.3 is 4.90 Å². The van der Waals surface area contributed by atoms with Crippen molar-refractivity contribution in [3.05, 3.63) is 46.2 Å². The van der Waals surface area contributed by atoms with Gasteiger partial charge in [0.1, 0.15) is 0 Å². The number of rotatable bonds is 2. The first-order valence-electron chi connectivity index (χ1n) is 5.49. The van der Waals surface area contributed by atoms with Crippen molar-refractivity contribution in [2.45, 2.75) is 11.3 Å². The molecule has 1 aliphatic heterocycles. The molecule has 88 valence electrons. The Hall–Kier alpha value is -1.13. The Morgan fingerprint density at radius 1 is 1.41 bits per heavy atom. The van der Waals surface area contributed by atoms with E-state index >= 15 is 0 Å². The molecule has 0 N–H and O–H groups in total. The van der Waals surface area contributed by atoms with E-state index in [1.54, 1.807) is 11.3 Å². The zero-order chi connectivity index (χ0) is 11.8. The minimum absolute atomic E-state index is 0.623. The number of benzene rings is 1. The highest BCUT2D eigenvalue weighted by atomic mass is 32.2. The lowest BCUT2D eigenvalue weighted by atomic mass is 10.1. The predicted molar refractivity (Wildman–Crippen MR) is 73.2 cm³/mol. The van der Waals surface area contributed by atoms with Gasteiger partial charge in [-0.15, -0.1) is 11.3 Å². The fraction of sp³-hybridized carbons (Fsp3) is 0.231. The maximum Gasteiger partial charge on any atom is 0.0982 e. The molecule has 2 aromatic rings. The summed E-state index contributed by atoms with van der Waals surface area (Å²) in [6.07, 6.45) is 0.936. The van der Waals surface area contributed by atoms with Gasteiger partial charge in [0.15, 0.2) is 0 Å². The summed E-state index contributed by atoms with van der Waals surface area (Å²) >= 11 is 1.77. The van der Waals surface area contributed by atoms with Gasteiger partial charge in [-0.2, -0.15) is 0 Å². The summed E-state index contributed by atoms with van der Waals surface area (Å²) < 4.78 is 11.9. The van der Waals surface area contributed by atoms with Gasteiger partial charge in [-0.3, -0.25) is 4.21 Å². The second-order valence-electron chi connectivity index (χ2n) is 4.23. The summed E-state index contributed by atoms with van der Waals surface area (Å²) in [5.74, 6) is 0.623. The van der Waals surface area contributed by atoms with Crippen molar-refractivity contribution < 1.29 is 4.21 Å². The summed E-state index contributed by atoms with van der Waals surface area (Å²) in [4.78, 5) is 4.39. The lowest BCUT2D eigenvalue weighted by Crippen LogP contribution is -2.13. The third kappa shape index (κ3) is 2.03. The van der Waals surface area contributed by atoms with Crippen molar-refractivity contribution in [1.29, 1.82) is 0 Å². The van der Waals surface area contributed by atoms with E-state index in [0.717, 1.165) is 17.0 Å². The molecule has 0 bridgehead atoms. The molecule has 0 saturated heterocycles. The fourth-order valence-corrected chi connectivity index (χ4v) is 4.20. The summed E-state index contributed by atoms with van der Waals surface area (Å²) in [5.41, 5.74) is 2.35. The average molecular weight is 263 g/mol. The normalized spacial score (nSPS) is 18.4. The third-order valence-electron chi connectivity index (χ3n) is 2.95. The van der Waals surface area contributed by atoms with Crippen molar-refractivity contribution in [3.8, 4) is 0 Å². The van der Waals surface area contributed by atoms with Crippen LogP contribution in [-0.4, -0.2) is 17.1 Å². The molecule has 17 heavy (non-hydrogen) atoms. The summed E-state index contributed by atoms with van der Waals surface area (Å²) in [6.45, 7) is 0. The van der Waals surface area contributed by atoms with Gasteiger partial charge in [-0.1, -0.05) is 12.1 Å². The summed E-state index contributed by atoms with van der Waals surface area (Å²) in [7, 11) is 1.13. The SMILES string of the molecule is CN1CS(=O)c2cc(Cc3cccs3)ccc21. The van der Waals surface area contributed by atoms with Crippen molar-refractivity contribution in [1.82, 2.24) is 0 Å². The molecule has 0 amide bonds. The van der Waals surface area contributed by atoms with Crippen LogP contribution in [0, 0.1) is 0 Å². The Morgan fingerprint density at radius 2 is 2.29 bits per heavy atom. The summed E-state index contributed by atoms with van der Waals surface area (Å²) in [5, 5.41) is 2.09. The fourth-order valence-electron chi connectivity index (χ4n) is 2.10. The van der Waals surface area contributed by atoms with Crippen LogP contribution in [0.5, 0.6) is 0 Å². The molecule has 0 saturated carbocycles. The molecule has 2 nitrogen and oxygen atoms in total. The van der Waals surface area contributed by atoms with Crippen LogP contribution in [0.1, 0.15) is 10.4 Å². The average Bonchev–Trinajstić information content (AvgIpc) is 2.89. The van der Waals surface area contributed by atoms with Crippen LogP contribution in [0.2, 0.25) is 0 Å². The topological polar surface area (TPSA) is 20.3 Å². The lowest BCUT2D eigenvalue weighted by Gasteiger charge is -2.10. The maximum absolute atomic E-state index is 11.9. The molecule has 0 aliphatic carbocycles. The van der Waals surface area contributed by atoms with Crippen LogP contribution in [0.25, 0.3) is 0 Å². The first-order chi connectivity index (χ1) is 8.24. The number of thiophene rings is 1. The Balaban J connectivity index is 1.94. The van der Waals surface area contributed by atoms with Gasteiger partial charge >= 0.3 is 0 Å². The highest BCUT2D eigenvalue weighted by Crippen LogP contribution is 2.31. The summed E-state index contributed by atoms with van der Waals surface area (Å²) in [6, 6.07) is 10.5. The number of fused-ring (bicyclic) bond motifs is 1. The Bertz CT molecular complexity index is 563. The Labute approximate surface area is 107 Å². The zero-order valence-electron chi connectivity index (χ0n) is 9.55. The van der Waals surface area contributed by atoms with E-state index in [1.165, 1.54) is 10.4 Å². The van der Waals surface area contributed by atoms with Crippen LogP contribution >= 0.6 is 11.3 Å². The van der Waals surface area contributed by atoms with Gasteiger partial charge in [0.2, 0.25) is 0 Å². The number of hydrogen-bond donors (Lipinski definition) is 0. The minimum Gasteiger partial charge on any atom is -0.361 e. The van der Waals surface area contributed by atoms with Gasteiger partial charge in [-0.25, -0.2) is 0 Å². The number of nitrogens with zero attached hydrogens (tertiary/aromatic N) is 1. The molecule has 0 fully saturated rings. The molecule has 0 spiro atoms. The highest BCUT2D eigenvalue weighted by Gasteiger charge is 2.22. The van der Waals surface area contributed by atoms with Gasteiger partial charge in [-0.05, 0) is 29.1 Å². The molecule has 1 atom stereocenters. The number of anilines is 1. The molecule has 4 heteroatoms. The standard InChI is InChI=1S/C13H13NOS2/c1-14-9-17(15)13-8-10(4-5-12(13)14)7-11-3-2-6-16-11/h2-6,8H,7,9H2,1H3. The van der Waals surface area contributed by atoms with E-state index in [-0.39, 0.29) is 0 Å². The molecule has 1 unspecified atom stereocenters. The van der Waals surface area contributed by atoms with Crippen LogP contribution < -0.4 is 4.90 Å². The Morgan fingerprint density at radius 3 is 3.06 bits per heavy atom. The molecular weight excluding hydrogens is 250 g/mol. The lowest BCUT2D eigenvalue weighted by molar-refractivity contribution is 0.685. The van der Waals surface area contributed by atoms with E-state index in [2.05, 4.69) is 40.6 Å². The van der Waals surface area contributed by atoms with Crippen molar-refractivity contribution in [2.24, 2.45) is 0 Å². The van der Waals surface area contributed by atoms with Gasteiger partial charge in [0, 0.05) is 18.3 Å². The third-order valence-corrected chi connectivity index (χ3v) is 5.27. The number of hydrogen-bond acceptors (Lipinski definition) is 3. The molecule has 0 radical (unpaired) electrons. The first-order valence-corrected chi connectivity index (χ1v) is 7.69. The predicted octanol–water partition coefficient (Wildman–Crippen LogP) is 2.85. The maximum atomic E-state index is 11.9. The van der Waals surface area contributed by atoms with Crippen molar-refractivity contribution in [2.75, 3.05) is 17.8 Å². The molecule has 1 aromatic carbocycles. The highest BCUT2D eigenvalue weighted by molar-refractivity contribution is 7.85. The van der Waals surface area contributed by atoms with Crippen LogP contribution in [0.4, 0.5) is 5.69 Å². The van der Waals surface area contributed by atoms with E-state index in [1.807, 2.05) is 7.05 Å². The van der Waals surface area contributed by atoms with Crippen LogP contribution in [-0.2, 0) is 17.2 Å². The smallest absolute Gasteiger partial charge is 0.0982 e. The van der Waals surface area contributed by atoms with Crippen LogP contribution in [0.3, 0.4) is 0 Å². The van der Waals surface area contributed by atoms with Crippen molar-refractivity contribution in [3.63, 3.8) is 0 Å². The van der Waals surface area contributed by atoms with Crippen LogP contribution in [0.15, 0.2) is 40.6 Å². The zero-order valence-corrected chi connectivity index (χ0v) is 11.2.